The first-order valence-corrected chi connectivity index (χ1v) is 6.59. The first kappa shape index (κ1) is 13.8. The summed E-state index contributed by atoms with van der Waals surface area (Å²) in [5.74, 6) is 0.739. The van der Waals surface area contributed by atoms with Crippen LogP contribution < -0.4 is 4.90 Å². The SMILES string of the molecule is Cc1cnnc(N(CC(Cl)=CCl)c2ccccc2)c1. The van der Waals surface area contributed by atoms with E-state index in [4.69, 9.17) is 23.2 Å². The third-order valence-electron chi connectivity index (χ3n) is 2.55. The lowest BCUT2D eigenvalue weighted by atomic mass is 10.2. The summed E-state index contributed by atoms with van der Waals surface area (Å²) in [6.07, 6.45) is 1.71. The first-order chi connectivity index (χ1) is 9.20. The van der Waals surface area contributed by atoms with Crippen molar-refractivity contribution < 1.29 is 0 Å². The third-order valence-corrected chi connectivity index (χ3v) is 3.15. The normalized spacial score (nSPS) is 11.4. The fourth-order valence-electron chi connectivity index (χ4n) is 1.68. The van der Waals surface area contributed by atoms with Gasteiger partial charge in [0.15, 0.2) is 5.82 Å². The monoisotopic (exact) mass is 293 g/mol. The molecule has 0 amide bonds. The van der Waals surface area contributed by atoms with Gasteiger partial charge in [-0.15, -0.1) is 5.10 Å². The van der Waals surface area contributed by atoms with Gasteiger partial charge in [0.25, 0.3) is 0 Å². The average Bonchev–Trinajstić information content (AvgIpc) is 2.45. The summed E-state index contributed by atoms with van der Waals surface area (Å²) in [5, 5.41) is 8.66. The summed E-state index contributed by atoms with van der Waals surface area (Å²) in [4.78, 5) is 1.96. The van der Waals surface area contributed by atoms with Crippen LogP contribution in [-0.2, 0) is 0 Å². The van der Waals surface area contributed by atoms with Crippen molar-refractivity contribution in [3.05, 3.63) is 58.7 Å². The Balaban J connectivity index is 2.40. The van der Waals surface area contributed by atoms with Crippen LogP contribution in [-0.4, -0.2) is 16.7 Å². The van der Waals surface area contributed by atoms with Gasteiger partial charge in [-0.2, -0.15) is 5.10 Å². The summed E-state index contributed by atoms with van der Waals surface area (Å²) in [6.45, 7) is 2.42. The predicted molar refractivity (Wildman–Crippen MR) is 80.0 cm³/mol. The molecule has 0 saturated heterocycles. The number of hydrogen-bond donors (Lipinski definition) is 0. The zero-order chi connectivity index (χ0) is 13.7. The molecular formula is C14H13Cl2N3. The van der Waals surface area contributed by atoms with Crippen LogP contribution in [0.15, 0.2) is 53.2 Å². The Bertz CT molecular complexity index is 570. The first-order valence-electron chi connectivity index (χ1n) is 5.77. The van der Waals surface area contributed by atoms with Crippen molar-refractivity contribution >= 4 is 34.7 Å². The molecule has 1 aromatic heterocycles. The molecule has 0 spiro atoms. The van der Waals surface area contributed by atoms with Gasteiger partial charge in [0, 0.05) is 16.3 Å². The highest BCUT2D eigenvalue weighted by molar-refractivity contribution is 6.36. The van der Waals surface area contributed by atoms with Crippen LogP contribution >= 0.6 is 23.2 Å². The molecule has 0 aliphatic heterocycles. The molecule has 19 heavy (non-hydrogen) atoms. The van der Waals surface area contributed by atoms with Crippen LogP contribution in [0.1, 0.15) is 5.56 Å². The Morgan fingerprint density at radius 3 is 2.68 bits per heavy atom. The Morgan fingerprint density at radius 2 is 2.05 bits per heavy atom. The predicted octanol–water partition coefficient (Wildman–Crippen LogP) is 4.24. The smallest absolute Gasteiger partial charge is 0.156 e. The molecule has 0 radical (unpaired) electrons. The summed E-state index contributed by atoms with van der Waals surface area (Å²) < 4.78 is 0. The summed E-state index contributed by atoms with van der Waals surface area (Å²) in [5.41, 5.74) is 3.39. The van der Waals surface area contributed by atoms with Crippen molar-refractivity contribution in [3.8, 4) is 0 Å². The molecular weight excluding hydrogens is 281 g/mol. The highest BCUT2D eigenvalue weighted by Crippen LogP contribution is 2.25. The average molecular weight is 294 g/mol. The fraction of sp³-hybridized carbons (Fsp3) is 0.143. The Hall–Kier alpha value is -1.58. The lowest BCUT2D eigenvalue weighted by Gasteiger charge is -2.23. The molecule has 1 aromatic carbocycles. The number of halogens is 2. The molecule has 0 unspecified atom stereocenters. The number of aryl methyl sites for hydroxylation is 1. The van der Waals surface area contributed by atoms with E-state index < -0.39 is 0 Å². The lowest BCUT2D eigenvalue weighted by Crippen LogP contribution is -2.20. The number of benzene rings is 1. The van der Waals surface area contributed by atoms with Gasteiger partial charge in [-0.05, 0) is 30.7 Å². The van der Waals surface area contributed by atoms with Crippen molar-refractivity contribution in [2.75, 3.05) is 11.4 Å². The van der Waals surface area contributed by atoms with E-state index in [2.05, 4.69) is 10.2 Å². The minimum absolute atomic E-state index is 0.452. The number of aromatic nitrogens is 2. The van der Waals surface area contributed by atoms with Crippen molar-refractivity contribution in [2.24, 2.45) is 0 Å². The maximum atomic E-state index is 6.04. The van der Waals surface area contributed by atoms with E-state index >= 15 is 0 Å². The molecule has 2 rings (SSSR count). The van der Waals surface area contributed by atoms with E-state index in [0.717, 1.165) is 17.1 Å². The zero-order valence-corrected chi connectivity index (χ0v) is 11.9. The topological polar surface area (TPSA) is 29.0 Å². The molecule has 0 atom stereocenters. The fourth-order valence-corrected chi connectivity index (χ4v) is 1.87. The van der Waals surface area contributed by atoms with Crippen molar-refractivity contribution in [3.63, 3.8) is 0 Å². The maximum Gasteiger partial charge on any atom is 0.156 e. The minimum Gasteiger partial charge on any atom is -0.320 e. The molecule has 0 bridgehead atoms. The Kier molecular flexibility index (Phi) is 4.77. The number of nitrogens with zero attached hydrogens (tertiary/aromatic N) is 3. The highest BCUT2D eigenvalue weighted by Gasteiger charge is 2.12. The van der Waals surface area contributed by atoms with E-state index in [9.17, 15) is 0 Å². The van der Waals surface area contributed by atoms with E-state index in [1.165, 1.54) is 5.54 Å². The van der Waals surface area contributed by atoms with Crippen LogP contribution in [0.4, 0.5) is 11.5 Å². The minimum atomic E-state index is 0.452. The van der Waals surface area contributed by atoms with E-state index in [1.54, 1.807) is 6.20 Å². The van der Waals surface area contributed by atoms with Gasteiger partial charge in [0.05, 0.1) is 12.7 Å². The van der Waals surface area contributed by atoms with Gasteiger partial charge in [-0.3, -0.25) is 0 Å². The molecule has 0 aliphatic rings. The third kappa shape index (κ3) is 3.69. The summed E-state index contributed by atoms with van der Waals surface area (Å²) in [7, 11) is 0. The van der Waals surface area contributed by atoms with Crippen LogP contribution in [0.25, 0.3) is 0 Å². The molecule has 5 heteroatoms. The Morgan fingerprint density at radius 1 is 1.32 bits per heavy atom. The second-order valence-corrected chi connectivity index (χ2v) is 4.77. The van der Waals surface area contributed by atoms with Gasteiger partial charge in [0.1, 0.15) is 0 Å². The van der Waals surface area contributed by atoms with E-state index in [1.807, 2.05) is 48.2 Å². The van der Waals surface area contributed by atoms with Gasteiger partial charge < -0.3 is 4.90 Å². The standard InChI is InChI=1S/C14H13Cl2N3/c1-11-7-14(18-17-9-11)19(10-12(16)8-15)13-5-3-2-4-6-13/h2-9H,10H2,1H3. The van der Waals surface area contributed by atoms with Crippen molar-refractivity contribution in [2.45, 2.75) is 6.92 Å². The molecule has 1 heterocycles. The zero-order valence-electron chi connectivity index (χ0n) is 10.4. The number of hydrogen-bond acceptors (Lipinski definition) is 3. The van der Waals surface area contributed by atoms with Crippen molar-refractivity contribution in [1.82, 2.24) is 10.2 Å². The molecule has 0 fully saturated rings. The number of anilines is 2. The second kappa shape index (κ2) is 6.55. The highest BCUT2D eigenvalue weighted by atomic mass is 35.5. The van der Waals surface area contributed by atoms with Gasteiger partial charge in [0.2, 0.25) is 0 Å². The maximum absolute atomic E-state index is 6.04. The van der Waals surface area contributed by atoms with Crippen LogP contribution in [0, 0.1) is 6.92 Å². The van der Waals surface area contributed by atoms with E-state index in [0.29, 0.717) is 11.6 Å². The lowest BCUT2D eigenvalue weighted by molar-refractivity contribution is 0.946. The molecule has 0 aliphatic carbocycles. The molecule has 3 nitrogen and oxygen atoms in total. The summed E-state index contributed by atoms with van der Waals surface area (Å²) in [6, 6.07) is 11.8. The second-order valence-electron chi connectivity index (χ2n) is 4.07. The molecule has 0 N–H and O–H groups in total. The molecule has 0 saturated carbocycles. The van der Waals surface area contributed by atoms with Crippen LogP contribution in [0.5, 0.6) is 0 Å². The van der Waals surface area contributed by atoms with Gasteiger partial charge in [-0.25, -0.2) is 0 Å². The number of rotatable bonds is 4. The van der Waals surface area contributed by atoms with Gasteiger partial charge in [-0.1, -0.05) is 41.4 Å². The largest absolute Gasteiger partial charge is 0.320 e. The molecule has 2 aromatic rings. The molecule has 98 valence electrons. The van der Waals surface area contributed by atoms with Crippen LogP contribution in [0.2, 0.25) is 0 Å². The Labute approximate surface area is 122 Å². The van der Waals surface area contributed by atoms with Crippen LogP contribution in [0.3, 0.4) is 0 Å². The number of para-hydroxylation sites is 1. The quantitative estimate of drug-likeness (QED) is 0.844. The van der Waals surface area contributed by atoms with Crippen molar-refractivity contribution in [1.29, 1.82) is 0 Å². The van der Waals surface area contributed by atoms with Gasteiger partial charge >= 0.3 is 0 Å². The summed E-state index contributed by atoms with van der Waals surface area (Å²) >= 11 is 11.7. The van der Waals surface area contributed by atoms with E-state index in [-0.39, 0.29) is 0 Å².